The lowest BCUT2D eigenvalue weighted by Crippen LogP contribution is -2.13. The van der Waals surface area contributed by atoms with E-state index in [4.69, 9.17) is 10.4 Å². The zero-order chi connectivity index (χ0) is 12.0. The number of nitriles is 1. The number of aliphatic hydroxyl groups excluding tert-OH is 1. The highest BCUT2D eigenvalue weighted by atomic mass is 79.9. The Kier molecular flexibility index (Phi) is 4.70. The molecule has 0 heterocycles. The molecule has 0 saturated carbocycles. The molecule has 1 aromatic rings. The Morgan fingerprint density at radius 3 is 2.94 bits per heavy atom. The van der Waals surface area contributed by atoms with Gasteiger partial charge in [0, 0.05) is 10.2 Å². The molecular formula is C11H9BrN2O2. The number of anilines is 1. The topological polar surface area (TPSA) is 73.1 Å². The Bertz CT molecular complexity index is 463. The van der Waals surface area contributed by atoms with Crippen molar-refractivity contribution in [3.8, 4) is 6.07 Å². The molecule has 1 aromatic carbocycles. The van der Waals surface area contributed by atoms with Gasteiger partial charge in [-0.1, -0.05) is 22.0 Å². The lowest BCUT2D eigenvalue weighted by molar-refractivity contribution is -0.112. The molecule has 0 aliphatic heterocycles. The molecule has 5 heteroatoms. The molecule has 4 nitrogen and oxygen atoms in total. The average Bonchev–Trinajstić information content (AvgIpc) is 2.25. The fraction of sp³-hybridized carbons (Fsp3) is 0.0909. The summed E-state index contributed by atoms with van der Waals surface area (Å²) in [5.41, 5.74) is 0.473. The first-order valence-corrected chi connectivity index (χ1v) is 5.24. The largest absolute Gasteiger partial charge is 0.392 e. The summed E-state index contributed by atoms with van der Waals surface area (Å²) >= 11 is 3.27. The fourth-order valence-corrected chi connectivity index (χ4v) is 1.44. The number of aliphatic hydroxyl groups is 1. The maximum absolute atomic E-state index is 11.5. The van der Waals surface area contributed by atoms with Gasteiger partial charge >= 0.3 is 0 Å². The van der Waals surface area contributed by atoms with E-state index in [1.807, 2.05) is 6.07 Å². The first-order valence-electron chi connectivity index (χ1n) is 4.45. The monoisotopic (exact) mass is 280 g/mol. The van der Waals surface area contributed by atoms with Gasteiger partial charge in [0.25, 0.3) is 5.91 Å². The van der Waals surface area contributed by atoms with Crippen molar-refractivity contribution < 1.29 is 9.90 Å². The third-order valence-electron chi connectivity index (χ3n) is 1.74. The first-order chi connectivity index (χ1) is 7.67. The second-order valence-corrected chi connectivity index (χ2v) is 3.79. The molecule has 0 saturated heterocycles. The van der Waals surface area contributed by atoms with E-state index in [1.54, 1.807) is 24.3 Å². The van der Waals surface area contributed by atoms with Crippen LogP contribution in [0.15, 0.2) is 40.4 Å². The lowest BCUT2D eigenvalue weighted by Gasteiger charge is -2.03. The van der Waals surface area contributed by atoms with Crippen LogP contribution in [0.2, 0.25) is 0 Å². The zero-order valence-corrected chi connectivity index (χ0v) is 9.86. The molecule has 0 radical (unpaired) electrons. The molecule has 0 fully saturated rings. The zero-order valence-electron chi connectivity index (χ0n) is 8.27. The van der Waals surface area contributed by atoms with Crippen LogP contribution >= 0.6 is 15.9 Å². The third kappa shape index (κ3) is 3.50. The molecule has 82 valence electrons. The van der Waals surface area contributed by atoms with Gasteiger partial charge in [-0.3, -0.25) is 4.79 Å². The summed E-state index contributed by atoms with van der Waals surface area (Å²) in [6.45, 7) is -0.338. The van der Waals surface area contributed by atoms with Gasteiger partial charge in [0.1, 0.15) is 11.6 Å². The van der Waals surface area contributed by atoms with E-state index < -0.39 is 5.91 Å². The maximum atomic E-state index is 11.5. The quantitative estimate of drug-likeness (QED) is 0.655. The number of nitrogens with zero attached hydrogens (tertiary/aromatic N) is 1. The summed E-state index contributed by atoms with van der Waals surface area (Å²) in [5, 5.41) is 19.8. The van der Waals surface area contributed by atoms with E-state index in [0.717, 1.165) is 10.5 Å². The smallest absolute Gasteiger partial charge is 0.266 e. The maximum Gasteiger partial charge on any atom is 0.266 e. The van der Waals surface area contributed by atoms with E-state index in [2.05, 4.69) is 21.2 Å². The van der Waals surface area contributed by atoms with Crippen molar-refractivity contribution in [1.82, 2.24) is 0 Å². The number of carbonyl (C=O) groups is 1. The molecule has 1 amide bonds. The molecule has 2 N–H and O–H groups in total. The van der Waals surface area contributed by atoms with Crippen LogP contribution in [0.1, 0.15) is 0 Å². The second-order valence-electron chi connectivity index (χ2n) is 2.88. The minimum Gasteiger partial charge on any atom is -0.392 e. The second kappa shape index (κ2) is 6.05. The van der Waals surface area contributed by atoms with Crippen molar-refractivity contribution in [1.29, 1.82) is 5.26 Å². The van der Waals surface area contributed by atoms with Gasteiger partial charge in [0.2, 0.25) is 0 Å². The predicted octanol–water partition coefficient (Wildman–Crippen LogP) is 1.83. The van der Waals surface area contributed by atoms with E-state index >= 15 is 0 Å². The number of hydrogen-bond donors (Lipinski definition) is 2. The molecule has 0 aromatic heterocycles. The highest BCUT2D eigenvalue weighted by molar-refractivity contribution is 9.10. The predicted molar refractivity (Wildman–Crippen MR) is 63.6 cm³/mol. The van der Waals surface area contributed by atoms with Crippen LogP contribution < -0.4 is 5.32 Å². The van der Waals surface area contributed by atoms with Crippen molar-refractivity contribution in [3.05, 3.63) is 40.4 Å². The Hall–Kier alpha value is -1.64. The molecule has 0 aliphatic carbocycles. The fourth-order valence-electron chi connectivity index (χ4n) is 1.05. The van der Waals surface area contributed by atoms with Gasteiger partial charge in [-0.15, -0.1) is 0 Å². The number of nitrogens with one attached hydrogen (secondary N) is 1. The summed E-state index contributed by atoms with van der Waals surface area (Å²) in [4.78, 5) is 11.5. The van der Waals surface area contributed by atoms with Crippen molar-refractivity contribution in [2.45, 2.75) is 0 Å². The number of halogens is 1. The van der Waals surface area contributed by atoms with E-state index in [9.17, 15) is 4.79 Å². The third-order valence-corrected chi connectivity index (χ3v) is 2.24. The standard InChI is InChI=1S/C11H9BrN2O2/c12-9-2-1-3-10(6-9)14-11(16)8(7-13)4-5-15/h1-4,6,15H,5H2,(H,14,16). The minimum absolute atomic E-state index is 0.109. The molecule has 16 heavy (non-hydrogen) atoms. The normalized spacial score (nSPS) is 10.7. The van der Waals surface area contributed by atoms with Gasteiger partial charge in [0.05, 0.1) is 6.61 Å². The van der Waals surface area contributed by atoms with Crippen LogP contribution in [0.3, 0.4) is 0 Å². The first kappa shape index (κ1) is 12.4. The van der Waals surface area contributed by atoms with Crippen LogP contribution in [0.25, 0.3) is 0 Å². The molecule has 0 atom stereocenters. The van der Waals surface area contributed by atoms with Gasteiger partial charge in [-0.2, -0.15) is 5.26 Å². The van der Waals surface area contributed by atoms with Crippen molar-refractivity contribution in [3.63, 3.8) is 0 Å². The number of amides is 1. The van der Waals surface area contributed by atoms with Crippen molar-refractivity contribution >= 4 is 27.5 Å². The summed E-state index contributed by atoms with van der Waals surface area (Å²) in [5.74, 6) is -0.533. The minimum atomic E-state index is -0.533. The highest BCUT2D eigenvalue weighted by Crippen LogP contribution is 2.16. The summed E-state index contributed by atoms with van der Waals surface area (Å²) in [6, 6.07) is 8.72. The number of benzene rings is 1. The Morgan fingerprint density at radius 1 is 1.62 bits per heavy atom. The van der Waals surface area contributed by atoms with Gasteiger partial charge in [0.15, 0.2) is 0 Å². The molecule has 1 rings (SSSR count). The van der Waals surface area contributed by atoms with Crippen molar-refractivity contribution in [2.24, 2.45) is 0 Å². The van der Waals surface area contributed by atoms with Crippen LogP contribution in [0.4, 0.5) is 5.69 Å². The Labute approximate surface area is 101 Å². The van der Waals surface area contributed by atoms with E-state index in [-0.39, 0.29) is 12.2 Å². The SMILES string of the molecule is N#CC(=CCO)C(=O)Nc1cccc(Br)c1. The van der Waals surface area contributed by atoms with Crippen LogP contribution in [0, 0.1) is 11.3 Å². The molecule has 0 spiro atoms. The molecule has 0 aliphatic rings. The van der Waals surface area contributed by atoms with Crippen LogP contribution in [0.5, 0.6) is 0 Å². The summed E-state index contributed by atoms with van der Waals surface area (Å²) in [7, 11) is 0. The molecule has 0 unspecified atom stereocenters. The van der Waals surface area contributed by atoms with Gasteiger partial charge in [-0.25, -0.2) is 0 Å². The lowest BCUT2D eigenvalue weighted by atomic mass is 10.2. The van der Waals surface area contributed by atoms with Crippen LogP contribution in [-0.4, -0.2) is 17.6 Å². The van der Waals surface area contributed by atoms with Gasteiger partial charge < -0.3 is 10.4 Å². The number of rotatable bonds is 3. The molecular weight excluding hydrogens is 272 g/mol. The van der Waals surface area contributed by atoms with Gasteiger partial charge in [-0.05, 0) is 24.3 Å². The van der Waals surface area contributed by atoms with E-state index in [0.29, 0.717) is 5.69 Å². The number of hydrogen-bond acceptors (Lipinski definition) is 3. The van der Waals surface area contributed by atoms with E-state index in [1.165, 1.54) is 0 Å². The van der Waals surface area contributed by atoms with Crippen molar-refractivity contribution in [2.75, 3.05) is 11.9 Å². The Balaban J connectivity index is 2.79. The Morgan fingerprint density at radius 2 is 2.38 bits per heavy atom. The summed E-state index contributed by atoms with van der Waals surface area (Å²) < 4.78 is 0.829. The number of carbonyl (C=O) groups excluding carboxylic acids is 1. The molecule has 0 bridgehead atoms. The summed E-state index contributed by atoms with van der Waals surface area (Å²) in [6.07, 6.45) is 1.16. The average molecular weight is 281 g/mol. The highest BCUT2D eigenvalue weighted by Gasteiger charge is 2.08. The van der Waals surface area contributed by atoms with Crippen LogP contribution in [-0.2, 0) is 4.79 Å².